The Labute approximate surface area is 151 Å². The zero-order valence-electron chi connectivity index (χ0n) is 11.8. The van der Waals surface area contributed by atoms with Crippen molar-refractivity contribution in [1.82, 2.24) is 10.3 Å². The van der Waals surface area contributed by atoms with Gasteiger partial charge in [0, 0.05) is 15.3 Å². The molecule has 0 saturated carbocycles. The molecule has 6 nitrogen and oxygen atoms in total. The molecule has 0 unspecified atom stereocenters. The molecule has 2 N–H and O–H groups in total. The van der Waals surface area contributed by atoms with Gasteiger partial charge in [-0.1, -0.05) is 0 Å². The van der Waals surface area contributed by atoms with E-state index in [2.05, 4.69) is 38.2 Å². The monoisotopic (exact) mass is 441 g/mol. The number of amides is 1. The van der Waals surface area contributed by atoms with Gasteiger partial charge in [-0.05, 0) is 65.1 Å². The predicted octanol–water partition coefficient (Wildman–Crippen LogP) is 2.58. The number of aromatic nitrogens is 1. The molecule has 0 bridgehead atoms. The Morgan fingerprint density at radius 1 is 1.17 bits per heavy atom. The summed E-state index contributed by atoms with van der Waals surface area (Å²) in [6.07, 6.45) is 1.70. The average molecular weight is 441 g/mol. The summed E-state index contributed by atoms with van der Waals surface area (Å²) < 4.78 is 11.9. The van der Waals surface area contributed by atoms with Gasteiger partial charge in [-0.25, -0.2) is 4.98 Å². The molecule has 0 atom stereocenters. The van der Waals surface area contributed by atoms with Crippen LogP contribution in [0, 0.1) is 3.57 Å². The van der Waals surface area contributed by atoms with Crippen molar-refractivity contribution in [2.24, 2.45) is 0 Å². The number of ether oxygens (including phenoxy) is 2. The summed E-state index contributed by atoms with van der Waals surface area (Å²) in [6, 6.07) is 8.68. The maximum absolute atomic E-state index is 12.2. The molecule has 23 heavy (non-hydrogen) atoms. The molecule has 1 aliphatic heterocycles. The summed E-state index contributed by atoms with van der Waals surface area (Å²) in [4.78, 5) is 16.4. The number of hydrogen-bond acceptors (Lipinski definition) is 5. The third kappa shape index (κ3) is 4.08. The van der Waals surface area contributed by atoms with Crippen molar-refractivity contribution in [1.29, 1.82) is 0 Å². The molecule has 0 fully saturated rings. The molecule has 1 aromatic carbocycles. The molecule has 1 amide bonds. The smallest absolute Gasteiger partial charge is 0.257 e. The first-order valence-corrected chi connectivity index (χ1v) is 8.24. The van der Waals surface area contributed by atoms with Crippen LogP contribution < -0.4 is 20.1 Å². The standard InChI is InChI=1S/C15H12IN3O3S/c16-10-2-4-13(17-8-10)18-15(23)19-14(20)9-1-3-11-12(7-9)22-6-5-21-11/h1-4,7-8H,5-6H2,(H2,17,18,19,20,23). The first-order valence-electron chi connectivity index (χ1n) is 6.75. The summed E-state index contributed by atoms with van der Waals surface area (Å²) in [5, 5.41) is 5.65. The number of carbonyl (C=O) groups is 1. The van der Waals surface area contributed by atoms with Crippen LogP contribution in [-0.4, -0.2) is 29.2 Å². The predicted molar refractivity (Wildman–Crippen MR) is 98.1 cm³/mol. The Morgan fingerprint density at radius 2 is 1.96 bits per heavy atom. The molecule has 1 aliphatic rings. The van der Waals surface area contributed by atoms with Gasteiger partial charge in [0.15, 0.2) is 16.6 Å². The summed E-state index contributed by atoms with van der Waals surface area (Å²) in [5.74, 6) is 1.43. The highest BCUT2D eigenvalue weighted by Gasteiger charge is 2.15. The van der Waals surface area contributed by atoms with E-state index >= 15 is 0 Å². The van der Waals surface area contributed by atoms with Crippen LogP contribution in [0.25, 0.3) is 0 Å². The van der Waals surface area contributed by atoms with Crippen LogP contribution in [0.15, 0.2) is 36.5 Å². The fourth-order valence-corrected chi connectivity index (χ4v) is 2.47. The van der Waals surface area contributed by atoms with Crippen molar-refractivity contribution < 1.29 is 14.3 Å². The van der Waals surface area contributed by atoms with Crippen LogP contribution in [-0.2, 0) is 0 Å². The third-order valence-electron chi connectivity index (χ3n) is 3.00. The van der Waals surface area contributed by atoms with Gasteiger partial charge in [-0.15, -0.1) is 0 Å². The van der Waals surface area contributed by atoms with E-state index in [1.807, 2.05) is 6.07 Å². The lowest BCUT2D eigenvalue weighted by Gasteiger charge is -2.18. The van der Waals surface area contributed by atoms with Crippen molar-refractivity contribution in [2.75, 3.05) is 18.5 Å². The van der Waals surface area contributed by atoms with E-state index in [1.54, 1.807) is 30.5 Å². The number of rotatable bonds is 2. The molecule has 2 heterocycles. The van der Waals surface area contributed by atoms with Crippen LogP contribution in [0.4, 0.5) is 5.82 Å². The van der Waals surface area contributed by atoms with Crippen molar-refractivity contribution in [3.05, 3.63) is 45.7 Å². The number of pyridine rings is 1. The van der Waals surface area contributed by atoms with Gasteiger partial charge in [0.1, 0.15) is 19.0 Å². The minimum absolute atomic E-state index is 0.179. The largest absolute Gasteiger partial charge is 0.486 e. The number of fused-ring (bicyclic) bond motifs is 1. The number of thiocarbonyl (C=S) groups is 1. The third-order valence-corrected chi connectivity index (χ3v) is 3.84. The van der Waals surface area contributed by atoms with Crippen molar-refractivity contribution in [3.8, 4) is 11.5 Å². The van der Waals surface area contributed by atoms with Crippen molar-refractivity contribution in [3.63, 3.8) is 0 Å². The van der Waals surface area contributed by atoms with Gasteiger partial charge in [0.05, 0.1) is 0 Å². The Hall–Kier alpha value is -1.94. The maximum Gasteiger partial charge on any atom is 0.257 e. The molecule has 1 aromatic heterocycles. The molecule has 0 saturated heterocycles. The molecule has 0 radical (unpaired) electrons. The van der Waals surface area contributed by atoms with E-state index in [4.69, 9.17) is 21.7 Å². The molecule has 8 heteroatoms. The lowest BCUT2D eigenvalue weighted by Crippen LogP contribution is -2.34. The number of nitrogens with zero attached hydrogens (tertiary/aromatic N) is 1. The topological polar surface area (TPSA) is 72.5 Å². The minimum Gasteiger partial charge on any atom is -0.486 e. The fourth-order valence-electron chi connectivity index (χ4n) is 1.96. The van der Waals surface area contributed by atoms with E-state index in [0.29, 0.717) is 36.1 Å². The number of hydrogen-bond donors (Lipinski definition) is 2. The molecular weight excluding hydrogens is 429 g/mol. The zero-order chi connectivity index (χ0) is 16.2. The normalized spacial score (nSPS) is 12.4. The summed E-state index contributed by atoms with van der Waals surface area (Å²) in [6.45, 7) is 0.978. The van der Waals surface area contributed by atoms with Crippen molar-refractivity contribution >= 4 is 51.6 Å². The zero-order valence-corrected chi connectivity index (χ0v) is 14.8. The molecule has 3 rings (SSSR count). The van der Waals surface area contributed by atoms with Gasteiger partial charge < -0.3 is 14.8 Å². The summed E-state index contributed by atoms with van der Waals surface area (Å²) in [5.41, 5.74) is 0.439. The van der Waals surface area contributed by atoms with Crippen LogP contribution in [0.5, 0.6) is 11.5 Å². The number of carbonyl (C=O) groups excluding carboxylic acids is 1. The first kappa shape index (κ1) is 15.9. The highest BCUT2D eigenvalue weighted by atomic mass is 127. The van der Waals surface area contributed by atoms with Crippen LogP contribution in [0.2, 0.25) is 0 Å². The van der Waals surface area contributed by atoms with Crippen molar-refractivity contribution in [2.45, 2.75) is 0 Å². The van der Waals surface area contributed by atoms with Crippen LogP contribution >= 0.6 is 34.8 Å². The molecule has 0 spiro atoms. The second kappa shape index (κ2) is 7.09. The number of halogens is 1. The second-order valence-electron chi connectivity index (χ2n) is 4.63. The lowest BCUT2D eigenvalue weighted by molar-refractivity contribution is 0.0976. The van der Waals surface area contributed by atoms with Gasteiger partial charge in [0.2, 0.25) is 0 Å². The Balaban J connectivity index is 1.64. The highest BCUT2D eigenvalue weighted by Crippen LogP contribution is 2.30. The van der Waals surface area contributed by atoms with E-state index in [9.17, 15) is 4.79 Å². The van der Waals surface area contributed by atoms with E-state index in [-0.39, 0.29) is 11.0 Å². The molecular formula is C15H12IN3O3S. The number of anilines is 1. The Bertz CT molecular complexity index is 752. The SMILES string of the molecule is O=C(NC(=S)Nc1ccc(I)cn1)c1ccc2c(c1)OCCO2. The molecule has 0 aliphatic carbocycles. The highest BCUT2D eigenvalue weighted by molar-refractivity contribution is 14.1. The molecule has 2 aromatic rings. The Morgan fingerprint density at radius 3 is 2.70 bits per heavy atom. The lowest BCUT2D eigenvalue weighted by atomic mass is 10.2. The summed E-state index contributed by atoms with van der Waals surface area (Å²) in [7, 11) is 0. The van der Waals surface area contributed by atoms with Crippen LogP contribution in [0.1, 0.15) is 10.4 Å². The average Bonchev–Trinajstić information content (AvgIpc) is 2.56. The maximum atomic E-state index is 12.2. The first-order chi connectivity index (χ1) is 11.1. The molecule has 118 valence electrons. The fraction of sp³-hybridized carbons (Fsp3) is 0.133. The van der Waals surface area contributed by atoms with E-state index in [1.165, 1.54) is 0 Å². The number of nitrogens with one attached hydrogen (secondary N) is 2. The van der Waals surface area contributed by atoms with Gasteiger partial charge in [0.25, 0.3) is 5.91 Å². The Kier molecular flexibility index (Phi) is 4.91. The van der Waals surface area contributed by atoms with E-state index < -0.39 is 0 Å². The number of benzene rings is 1. The summed E-state index contributed by atoms with van der Waals surface area (Å²) >= 11 is 7.29. The van der Waals surface area contributed by atoms with Gasteiger partial charge in [-0.3, -0.25) is 10.1 Å². The second-order valence-corrected chi connectivity index (χ2v) is 6.28. The van der Waals surface area contributed by atoms with Gasteiger partial charge in [-0.2, -0.15) is 0 Å². The van der Waals surface area contributed by atoms with Crippen LogP contribution in [0.3, 0.4) is 0 Å². The minimum atomic E-state index is -0.329. The van der Waals surface area contributed by atoms with E-state index in [0.717, 1.165) is 3.57 Å². The quantitative estimate of drug-likeness (QED) is 0.552. The van der Waals surface area contributed by atoms with Gasteiger partial charge >= 0.3 is 0 Å².